The number of amidine groups is 1. The molecule has 0 atom stereocenters. The van der Waals surface area contributed by atoms with Crippen LogP contribution in [-0.2, 0) is 0 Å². The van der Waals surface area contributed by atoms with Gasteiger partial charge in [0.15, 0.2) is 0 Å². The molecule has 0 aromatic heterocycles. The molecule has 0 fully saturated rings. The lowest BCUT2D eigenvalue weighted by atomic mass is 10.0. The van der Waals surface area contributed by atoms with Gasteiger partial charge in [-0.15, -0.1) is 0 Å². The molecule has 3 aromatic rings. The minimum atomic E-state index is -0.700. The van der Waals surface area contributed by atoms with Gasteiger partial charge in [0.1, 0.15) is 17.3 Å². The first-order valence-corrected chi connectivity index (χ1v) is 9.29. The molecule has 0 spiro atoms. The number of carbonyl (C=O) groups is 2. The molecule has 0 aliphatic rings. The number of nitrogens with one attached hydrogen (secondary N) is 1. The fraction of sp³-hybridized carbons (Fsp3) is 0.0870. The van der Waals surface area contributed by atoms with Gasteiger partial charge in [-0.2, -0.15) is 0 Å². The molecule has 0 aliphatic heterocycles. The van der Waals surface area contributed by atoms with Crippen molar-refractivity contribution in [2.75, 3.05) is 19.5 Å². The summed E-state index contributed by atoms with van der Waals surface area (Å²) in [5, 5.41) is 2.81. The molecular formula is C23H22N4O4. The number of nitrogens with zero attached hydrogens (tertiary/aromatic N) is 1. The quantitative estimate of drug-likeness (QED) is 0.401. The number of carbonyl (C=O) groups excluding carboxylic acids is 2. The monoisotopic (exact) mass is 418 g/mol. The standard InChI is InChI=1S/C23H22N4O4/c1-30-17-12-18(22(25)28)20(19(13-17)31-2)21(24)26-15-9-6-10-16(11-15)27-23(29)14-7-4-3-5-8-14/h3-13H,1-2H3,(H2,24,26)(H2,25,28)(H,27,29). The first-order valence-electron chi connectivity index (χ1n) is 9.29. The van der Waals surface area contributed by atoms with Gasteiger partial charge in [0, 0.05) is 17.3 Å². The normalized spacial score (nSPS) is 11.0. The van der Waals surface area contributed by atoms with Gasteiger partial charge in [-0.3, -0.25) is 9.59 Å². The molecule has 0 saturated carbocycles. The number of amides is 2. The van der Waals surface area contributed by atoms with E-state index in [0.29, 0.717) is 28.4 Å². The average molecular weight is 418 g/mol. The van der Waals surface area contributed by atoms with Crippen LogP contribution in [0.1, 0.15) is 26.3 Å². The molecule has 158 valence electrons. The summed E-state index contributed by atoms with van der Waals surface area (Å²) in [6.07, 6.45) is 0. The van der Waals surface area contributed by atoms with Gasteiger partial charge in [-0.05, 0) is 36.4 Å². The van der Waals surface area contributed by atoms with Gasteiger partial charge in [0.2, 0.25) is 5.91 Å². The van der Waals surface area contributed by atoms with E-state index in [-0.39, 0.29) is 22.9 Å². The number of hydrogen-bond acceptors (Lipinski definition) is 5. The molecule has 31 heavy (non-hydrogen) atoms. The molecular weight excluding hydrogens is 396 g/mol. The van der Waals surface area contributed by atoms with Crippen LogP contribution in [-0.4, -0.2) is 31.9 Å². The van der Waals surface area contributed by atoms with Crippen LogP contribution in [0.5, 0.6) is 11.5 Å². The number of hydrogen-bond donors (Lipinski definition) is 3. The van der Waals surface area contributed by atoms with Crippen LogP contribution >= 0.6 is 0 Å². The molecule has 0 aliphatic carbocycles. The number of rotatable bonds is 7. The largest absolute Gasteiger partial charge is 0.497 e. The zero-order valence-electron chi connectivity index (χ0n) is 17.1. The van der Waals surface area contributed by atoms with E-state index >= 15 is 0 Å². The van der Waals surface area contributed by atoms with Crippen molar-refractivity contribution < 1.29 is 19.1 Å². The molecule has 8 nitrogen and oxygen atoms in total. The SMILES string of the molecule is COc1cc(OC)c(C(N)=Nc2cccc(NC(=O)c3ccccc3)c2)c(C(N)=O)c1. The van der Waals surface area contributed by atoms with Crippen LogP contribution in [0, 0.1) is 0 Å². The predicted octanol–water partition coefficient (Wildman–Crippen LogP) is 3.09. The van der Waals surface area contributed by atoms with Crippen LogP contribution in [0.3, 0.4) is 0 Å². The molecule has 8 heteroatoms. The molecule has 5 N–H and O–H groups in total. The Labute approximate surface area is 179 Å². The number of primary amides is 1. The Bertz CT molecular complexity index is 1140. The van der Waals surface area contributed by atoms with E-state index in [0.717, 1.165) is 0 Å². The molecule has 0 bridgehead atoms. The van der Waals surface area contributed by atoms with Crippen molar-refractivity contribution in [1.29, 1.82) is 0 Å². The minimum absolute atomic E-state index is 0.0276. The van der Waals surface area contributed by atoms with Gasteiger partial charge >= 0.3 is 0 Å². The summed E-state index contributed by atoms with van der Waals surface area (Å²) in [5.74, 6) is -0.229. The Morgan fingerprint density at radius 1 is 0.903 bits per heavy atom. The van der Waals surface area contributed by atoms with Crippen molar-refractivity contribution in [3.05, 3.63) is 83.4 Å². The smallest absolute Gasteiger partial charge is 0.255 e. The van der Waals surface area contributed by atoms with Crippen molar-refractivity contribution in [2.45, 2.75) is 0 Å². The van der Waals surface area contributed by atoms with Crippen LogP contribution in [0.15, 0.2) is 71.7 Å². The Kier molecular flexibility index (Phi) is 6.51. The van der Waals surface area contributed by atoms with Crippen molar-refractivity contribution in [3.63, 3.8) is 0 Å². The molecule has 3 aromatic carbocycles. The van der Waals surface area contributed by atoms with Crippen molar-refractivity contribution in [3.8, 4) is 11.5 Å². The summed E-state index contributed by atoms with van der Waals surface area (Å²) >= 11 is 0. The van der Waals surface area contributed by atoms with E-state index in [9.17, 15) is 9.59 Å². The highest BCUT2D eigenvalue weighted by Gasteiger charge is 2.19. The highest BCUT2D eigenvalue weighted by atomic mass is 16.5. The Morgan fingerprint density at radius 3 is 2.29 bits per heavy atom. The molecule has 0 unspecified atom stereocenters. The summed E-state index contributed by atoms with van der Waals surface area (Å²) in [6, 6.07) is 18.7. The summed E-state index contributed by atoms with van der Waals surface area (Å²) in [6.45, 7) is 0. The third kappa shape index (κ3) is 4.99. The molecule has 0 radical (unpaired) electrons. The fourth-order valence-corrected chi connectivity index (χ4v) is 2.97. The van der Waals surface area contributed by atoms with Crippen molar-refractivity contribution >= 4 is 29.0 Å². The van der Waals surface area contributed by atoms with Crippen molar-refractivity contribution in [2.24, 2.45) is 16.5 Å². The lowest BCUT2D eigenvalue weighted by Crippen LogP contribution is -2.22. The van der Waals surface area contributed by atoms with E-state index in [4.69, 9.17) is 20.9 Å². The first kappa shape index (κ1) is 21.4. The van der Waals surface area contributed by atoms with E-state index in [1.165, 1.54) is 20.3 Å². The van der Waals surface area contributed by atoms with Crippen molar-refractivity contribution in [1.82, 2.24) is 0 Å². The molecule has 0 saturated heterocycles. The maximum absolute atomic E-state index is 12.4. The second-order valence-electron chi connectivity index (χ2n) is 6.48. The third-order valence-electron chi connectivity index (χ3n) is 4.44. The minimum Gasteiger partial charge on any atom is -0.497 e. The summed E-state index contributed by atoms with van der Waals surface area (Å²) in [7, 11) is 2.90. The number of anilines is 1. The van der Waals surface area contributed by atoms with E-state index in [1.54, 1.807) is 54.6 Å². The number of methoxy groups -OCH3 is 2. The van der Waals surface area contributed by atoms with Gasteiger partial charge in [0.05, 0.1) is 31.0 Å². The van der Waals surface area contributed by atoms with E-state index in [1.807, 2.05) is 6.07 Å². The highest BCUT2D eigenvalue weighted by molar-refractivity contribution is 6.11. The third-order valence-corrected chi connectivity index (χ3v) is 4.44. The number of nitrogens with two attached hydrogens (primary N) is 2. The van der Waals surface area contributed by atoms with Gasteiger partial charge in [-0.1, -0.05) is 24.3 Å². The van der Waals surface area contributed by atoms with E-state index in [2.05, 4.69) is 10.3 Å². The second-order valence-corrected chi connectivity index (χ2v) is 6.48. The lowest BCUT2D eigenvalue weighted by molar-refractivity contribution is 0.0996. The lowest BCUT2D eigenvalue weighted by Gasteiger charge is -2.14. The molecule has 3 rings (SSSR count). The Hall–Kier alpha value is -4.33. The van der Waals surface area contributed by atoms with Gasteiger partial charge < -0.3 is 26.3 Å². The summed E-state index contributed by atoms with van der Waals surface area (Å²) in [5.41, 5.74) is 13.6. The van der Waals surface area contributed by atoms with Crippen LogP contribution in [0.2, 0.25) is 0 Å². The first-order chi connectivity index (χ1) is 14.9. The molecule has 0 heterocycles. The van der Waals surface area contributed by atoms with Crippen LogP contribution in [0.25, 0.3) is 0 Å². The van der Waals surface area contributed by atoms with Crippen LogP contribution < -0.4 is 26.3 Å². The fourth-order valence-electron chi connectivity index (χ4n) is 2.97. The number of ether oxygens (including phenoxy) is 2. The zero-order valence-corrected chi connectivity index (χ0v) is 17.1. The number of benzene rings is 3. The Balaban J connectivity index is 1.95. The summed E-state index contributed by atoms with van der Waals surface area (Å²) in [4.78, 5) is 28.8. The maximum Gasteiger partial charge on any atom is 0.255 e. The maximum atomic E-state index is 12.4. The van der Waals surface area contributed by atoms with Crippen LogP contribution in [0.4, 0.5) is 11.4 Å². The molecule has 2 amide bonds. The average Bonchev–Trinajstić information content (AvgIpc) is 2.78. The number of aliphatic imine (C=N–C) groups is 1. The summed E-state index contributed by atoms with van der Waals surface area (Å²) < 4.78 is 10.5. The second kappa shape index (κ2) is 9.45. The Morgan fingerprint density at radius 2 is 1.65 bits per heavy atom. The zero-order chi connectivity index (χ0) is 22.4. The highest BCUT2D eigenvalue weighted by Crippen LogP contribution is 2.30. The topological polar surface area (TPSA) is 129 Å². The van der Waals surface area contributed by atoms with Gasteiger partial charge in [0.25, 0.3) is 5.91 Å². The van der Waals surface area contributed by atoms with Gasteiger partial charge in [-0.25, -0.2) is 4.99 Å². The van der Waals surface area contributed by atoms with E-state index < -0.39 is 5.91 Å². The predicted molar refractivity (Wildman–Crippen MR) is 119 cm³/mol.